The van der Waals surface area contributed by atoms with Crippen LogP contribution in [0, 0.1) is 0 Å². The average molecular weight is 222 g/mol. The van der Waals surface area contributed by atoms with Crippen LogP contribution in [0.15, 0.2) is 5.38 Å². The highest BCUT2D eigenvalue weighted by Gasteiger charge is 2.34. The van der Waals surface area contributed by atoms with E-state index in [4.69, 9.17) is 0 Å². The number of thiazole rings is 1. The van der Waals surface area contributed by atoms with E-state index in [0.717, 1.165) is 12.8 Å². The van der Waals surface area contributed by atoms with Crippen LogP contribution in [0.25, 0.3) is 0 Å². The summed E-state index contributed by atoms with van der Waals surface area (Å²) in [4.78, 5) is 3.51. The summed E-state index contributed by atoms with van der Waals surface area (Å²) >= 11 is 0.652. The van der Waals surface area contributed by atoms with Gasteiger partial charge in [-0.2, -0.15) is 13.2 Å². The highest BCUT2D eigenvalue weighted by atomic mass is 32.1. The van der Waals surface area contributed by atoms with E-state index in [-0.39, 0.29) is 0 Å². The lowest BCUT2D eigenvalue weighted by molar-refractivity contribution is -0.137. The van der Waals surface area contributed by atoms with Gasteiger partial charge >= 0.3 is 6.18 Å². The van der Waals surface area contributed by atoms with Gasteiger partial charge in [0.05, 0.1) is 5.69 Å². The van der Waals surface area contributed by atoms with Gasteiger partial charge in [0.2, 0.25) is 0 Å². The summed E-state index contributed by atoms with van der Waals surface area (Å²) in [6.45, 7) is 0.442. The van der Waals surface area contributed by atoms with Crippen molar-refractivity contribution in [3.05, 3.63) is 16.1 Å². The average Bonchev–Trinajstić information content (AvgIpc) is 2.77. The van der Waals surface area contributed by atoms with Crippen LogP contribution in [-0.2, 0) is 12.7 Å². The molecule has 0 radical (unpaired) electrons. The second-order valence-electron chi connectivity index (χ2n) is 3.30. The molecule has 1 aliphatic carbocycles. The van der Waals surface area contributed by atoms with Gasteiger partial charge in [-0.1, -0.05) is 0 Å². The Balaban J connectivity index is 1.94. The second-order valence-corrected chi connectivity index (χ2v) is 4.16. The van der Waals surface area contributed by atoms with E-state index in [1.165, 1.54) is 5.38 Å². The fraction of sp³-hybridized carbons (Fsp3) is 0.625. The summed E-state index contributed by atoms with van der Waals surface area (Å²) in [7, 11) is 0. The van der Waals surface area contributed by atoms with Crippen molar-refractivity contribution in [1.29, 1.82) is 0 Å². The molecule has 0 atom stereocenters. The maximum Gasteiger partial charge on any atom is 0.443 e. The molecule has 1 N–H and O–H groups in total. The van der Waals surface area contributed by atoms with Crippen LogP contribution in [0.3, 0.4) is 0 Å². The molecule has 14 heavy (non-hydrogen) atoms. The third kappa shape index (κ3) is 2.45. The Morgan fingerprint density at radius 1 is 1.50 bits per heavy atom. The molecule has 0 unspecified atom stereocenters. The minimum absolute atomic E-state index is 0.442. The molecule has 78 valence electrons. The Morgan fingerprint density at radius 2 is 2.21 bits per heavy atom. The SMILES string of the molecule is FC(F)(F)c1nc(CNC2CC2)cs1. The number of nitrogens with one attached hydrogen (secondary N) is 1. The zero-order chi connectivity index (χ0) is 10.2. The van der Waals surface area contributed by atoms with Crippen molar-refractivity contribution in [3.63, 3.8) is 0 Å². The molecule has 6 heteroatoms. The maximum atomic E-state index is 12.1. The molecule has 1 aromatic rings. The summed E-state index contributed by atoms with van der Waals surface area (Å²) in [5.41, 5.74) is 0.481. The van der Waals surface area contributed by atoms with Gasteiger partial charge in [-0.25, -0.2) is 4.98 Å². The van der Waals surface area contributed by atoms with Gasteiger partial charge in [0, 0.05) is 18.0 Å². The molecule has 2 nitrogen and oxygen atoms in total. The molecule has 2 rings (SSSR count). The largest absolute Gasteiger partial charge is 0.443 e. The molecule has 0 aliphatic heterocycles. The van der Waals surface area contributed by atoms with Crippen LogP contribution in [0.1, 0.15) is 23.5 Å². The van der Waals surface area contributed by atoms with Crippen LogP contribution >= 0.6 is 11.3 Å². The van der Waals surface area contributed by atoms with Crippen molar-refractivity contribution >= 4 is 11.3 Å². The van der Waals surface area contributed by atoms with Crippen LogP contribution in [0.5, 0.6) is 0 Å². The van der Waals surface area contributed by atoms with Gasteiger partial charge < -0.3 is 5.32 Å². The number of rotatable bonds is 3. The third-order valence-corrected chi connectivity index (χ3v) is 2.88. The number of hydrogen-bond acceptors (Lipinski definition) is 3. The first kappa shape index (κ1) is 9.92. The molecule has 1 fully saturated rings. The van der Waals surface area contributed by atoms with Gasteiger partial charge in [0.15, 0.2) is 5.01 Å². The lowest BCUT2D eigenvalue weighted by Gasteiger charge is -2.00. The zero-order valence-corrected chi connectivity index (χ0v) is 8.08. The van der Waals surface area contributed by atoms with Crippen molar-refractivity contribution in [2.45, 2.75) is 31.6 Å². The van der Waals surface area contributed by atoms with E-state index >= 15 is 0 Å². The number of halogens is 3. The summed E-state index contributed by atoms with van der Waals surface area (Å²) in [6.07, 6.45) is -2.06. The van der Waals surface area contributed by atoms with Gasteiger partial charge in [-0.05, 0) is 12.8 Å². The van der Waals surface area contributed by atoms with Crippen molar-refractivity contribution in [3.8, 4) is 0 Å². The van der Waals surface area contributed by atoms with Crippen LogP contribution in [0.4, 0.5) is 13.2 Å². The molecule has 0 amide bonds. The first-order valence-corrected chi connectivity index (χ1v) is 5.18. The van der Waals surface area contributed by atoms with Gasteiger partial charge in [0.25, 0.3) is 0 Å². The molecule has 0 saturated heterocycles. The van der Waals surface area contributed by atoms with E-state index in [1.54, 1.807) is 0 Å². The first-order valence-electron chi connectivity index (χ1n) is 4.30. The van der Waals surface area contributed by atoms with E-state index < -0.39 is 11.2 Å². The quantitative estimate of drug-likeness (QED) is 0.849. The van der Waals surface area contributed by atoms with Crippen molar-refractivity contribution in [1.82, 2.24) is 10.3 Å². The van der Waals surface area contributed by atoms with Crippen molar-refractivity contribution < 1.29 is 13.2 Å². The summed E-state index contributed by atoms with van der Waals surface area (Å²) in [5, 5.41) is 3.81. The predicted molar refractivity (Wildman–Crippen MR) is 47.0 cm³/mol. The molecular weight excluding hydrogens is 213 g/mol. The van der Waals surface area contributed by atoms with Crippen LogP contribution in [0.2, 0.25) is 0 Å². The summed E-state index contributed by atoms with van der Waals surface area (Å²) in [6, 6.07) is 0.492. The minimum atomic E-state index is -4.30. The fourth-order valence-electron chi connectivity index (χ4n) is 1.05. The fourth-order valence-corrected chi connectivity index (χ4v) is 1.74. The van der Waals surface area contributed by atoms with Crippen LogP contribution < -0.4 is 5.32 Å². The Kier molecular flexibility index (Phi) is 2.48. The third-order valence-electron chi connectivity index (χ3n) is 1.94. The Hall–Kier alpha value is -0.620. The highest BCUT2D eigenvalue weighted by molar-refractivity contribution is 7.09. The van der Waals surface area contributed by atoms with E-state index in [1.807, 2.05) is 0 Å². The number of hydrogen-bond donors (Lipinski definition) is 1. The highest BCUT2D eigenvalue weighted by Crippen LogP contribution is 2.31. The zero-order valence-electron chi connectivity index (χ0n) is 7.27. The normalized spacial score (nSPS) is 17.4. The molecular formula is C8H9F3N2S. The Morgan fingerprint density at radius 3 is 2.71 bits per heavy atom. The van der Waals surface area contributed by atoms with E-state index in [2.05, 4.69) is 10.3 Å². The maximum absolute atomic E-state index is 12.1. The van der Waals surface area contributed by atoms with Gasteiger partial charge in [0.1, 0.15) is 0 Å². The number of nitrogens with zero attached hydrogens (tertiary/aromatic N) is 1. The molecule has 1 aromatic heterocycles. The smallest absolute Gasteiger partial charge is 0.308 e. The molecule has 1 saturated carbocycles. The molecule has 0 aromatic carbocycles. The molecule has 1 heterocycles. The predicted octanol–water partition coefficient (Wildman–Crippen LogP) is 2.41. The summed E-state index contributed by atoms with van der Waals surface area (Å²) < 4.78 is 36.4. The Bertz CT molecular complexity index is 317. The lowest BCUT2D eigenvalue weighted by Crippen LogP contribution is -2.15. The topological polar surface area (TPSA) is 24.9 Å². The summed E-state index contributed by atoms with van der Waals surface area (Å²) in [5.74, 6) is 0. The van der Waals surface area contributed by atoms with Crippen molar-refractivity contribution in [2.24, 2.45) is 0 Å². The molecule has 1 aliphatic rings. The van der Waals surface area contributed by atoms with Crippen LogP contribution in [-0.4, -0.2) is 11.0 Å². The van der Waals surface area contributed by atoms with Crippen molar-refractivity contribution in [2.75, 3.05) is 0 Å². The van der Waals surface area contributed by atoms with Gasteiger partial charge in [-0.3, -0.25) is 0 Å². The standard InChI is InChI=1S/C8H9F3N2S/c9-8(10,11)7-13-6(4-14-7)3-12-5-1-2-5/h4-5,12H,1-3H2. The Labute approximate surface area is 83.2 Å². The minimum Gasteiger partial charge on any atom is -0.308 e. The number of aromatic nitrogens is 1. The second kappa shape index (κ2) is 3.51. The van der Waals surface area contributed by atoms with Gasteiger partial charge in [-0.15, -0.1) is 11.3 Å². The number of alkyl halides is 3. The van der Waals surface area contributed by atoms with E-state index in [9.17, 15) is 13.2 Å². The first-order chi connectivity index (χ1) is 6.55. The lowest BCUT2D eigenvalue weighted by atomic mass is 10.4. The monoisotopic (exact) mass is 222 g/mol. The molecule has 0 spiro atoms. The van der Waals surface area contributed by atoms with E-state index in [0.29, 0.717) is 29.6 Å². The molecule has 0 bridgehead atoms.